The third-order valence-corrected chi connectivity index (χ3v) is 3.63. The monoisotopic (exact) mass is 326 g/mol. The van der Waals surface area contributed by atoms with E-state index >= 15 is 0 Å². The maximum atomic E-state index is 12.2. The van der Waals surface area contributed by atoms with Crippen molar-refractivity contribution >= 4 is 18.2 Å². The van der Waals surface area contributed by atoms with E-state index < -0.39 is 5.60 Å². The minimum atomic E-state index is -0.484. The van der Waals surface area contributed by atoms with Gasteiger partial charge in [0.25, 0.3) is 0 Å². The first-order chi connectivity index (χ1) is 11.4. The third-order valence-electron chi connectivity index (χ3n) is 3.63. The van der Waals surface area contributed by atoms with Crippen LogP contribution in [0, 0.1) is 0 Å². The van der Waals surface area contributed by atoms with Crippen LogP contribution in [-0.4, -0.2) is 37.7 Å². The molecule has 24 heavy (non-hydrogen) atoms. The van der Waals surface area contributed by atoms with Crippen molar-refractivity contribution in [3.8, 4) is 0 Å². The van der Waals surface area contributed by atoms with Crippen molar-refractivity contribution in [2.24, 2.45) is 0 Å². The zero-order chi connectivity index (χ0) is 17.2. The maximum Gasteiger partial charge on any atom is 0.410 e. The molecule has 3 rings (SSSR count). The first-order valence-corrected chi connectivity index (χ1v) is 8.03. The number of nitrogens with zero attached hydrogens (tertiary/aromatic N) is 4. The third kappa shape index (κ3) is 4.01. The summed E-state index contributed by atoms with van der Waals surface area (Å²) in [6.07, 6.45) is 9.22. The van der Waals surface area contributed by atoms with Crippen molar-refractivity contribution in [3.63, 3.8) is 0 Å². The average molecular weight is 326 g/mol. The lowest BCUT2D eigenvalue weighted by Gasteiger charge is -2.30. The van der Waals surface area contributed by atoms with Gasteiger partial charge in [0.15, 0.2) is 0 Å². The van der Waals surface area contributed by atoms with Gasteiger partial charge < -0.3 is 9.30 Å². The molecular weight excluding hydrogens is 304 g/mol. The van der Waals surface area contributed by atoms with E-state index in [1.54, 1.807) is 17.3 Å². The van der Waals surface area contributed by atoms with E-state index in [9.17, 15) is 4.79 Å². The Labute approximate surface area is 141 Å². The molecule has 0 N–H and O–H groups in total. The smallest absolute Gasteiger partial charge is 0.410 e. The highest BCUT2D eigenvalue weighted by atomic mass is 16.6. The first-order valence-electron chi connectivity index (χ1n) is 8.03. The van der Waals surface area contributed by atoms with Gasteiger partial charge in [-0.05, 0) is 44.5 Å². The molecule has 0 bridgehead atoms. The number of carbonyl (C=O) groups is 1. The van der Waals surface area contributed by atoms with Gasteiger partial charge in [-0.2, -0.15) is 0 Å². The quantitative estimate of drug-likeness (QED) is 0.850. The molecule has 3 heterocycles. The summed E-state index contributed by atoms with van der Waals surface area (Å²) in [7, 11) is 0. The van der Waals surface area contributed by atoms with Crippen LogP contribution in [0.25, 0.3) is 12.2 Å². The van der Waals surface area contributed by atoms with Crippen molar-refractivity contribution < 1.29 is 9.53 Å². The molecule has 0 spiro atoms. The minimum Gasteiger partial charge on any atom is -0.444 e. The number of carbonyl (C=O) groups excluding carboxylic acids is 1. The Hall–Kier alpha value is -2.63. The van der Waals surface area contributed by atoms with Crippen LogP contribution in [0.15, 0.2) is 30.7 Å². The van der Waals surface area contributed by atoms with E-state index in [1.165, 1.54) is 0 Å². The van der Waals surface area contributed by atoms with Crippen molar-refractivity contribution in [3.05, 3.63) is 47.8 Å². The van der Waals surface area contributed by atoms with E-state index in [-0.39, 0.29) is 6.09 Å². The Morgan fingerprint density at radius 2 is 1.96 bits per heavy atom. The van der Waals surface area contributed by atoms with Gasteiger partial charge in [-0.1, -0.05) is 6.08 Å². The average Bonchev–Trinajstić information content (AvgIpc) is 2.94. The SMILES string of the molecule is CC(C)(C)OC(=O)N1CCn2cc(/C=C/c3ccncc3)nc2C1. The molecule has 0 saturated heterocycles. The Morgan fingerprint density at radius 1 is 1.21 bits per heavy atom. The van der Waals surface area contributed by atoms with Crippen LogP contribution in [0.3, 0.4) is 0 Å². The number of imidazole rings is 1. The molecule has 0 unspecified atom stereocenters. The second kappa shape index (κ2) is 6.47. The molecule has 126 valence electrons. The van der Waals surface area contributed by atoms with Gasteiger partial charge in [-0.3, -0.25) is 9.88 Å². The van der Waals surface area contributed by atoms with Crippen LogP contribution in [-0.2, 0) is 17.8 Å². The molecule has 0 radical (unpaired) electrons. The van der Waals surface area contributed by atoms with Gasteiger partial charge in [-0.25, -0.2) is 9.78 Å². The fourth-order valence-corrected chi connectivity index (χ4v) is 2.49. The van der Waals surface area contributed by atoms with Gasteiger partial charge in [-0.15, -0.1) is 0 Å². The van der Waals surface area contributed by atoms with Crippen LogP contribution < -0.4 is 0 Å². The molecular formula is C18H22N4O2. The zero-order valence-corrected chi connectivity index (χ0v) is 14.3. The Kier molecular flexibility index (Phi) is 4.38. The number of aromatic nitrogens is 3. The number of amides is 1. The Balaban J connectivity index is 1.69. The van der Waals surface area contributed by atoms with Crippen molar-refractivity contribution in [2.45, 2.75) is 39.5 Å². The molecule has 0 saturated carbocycles. The Bertz CT molecular complexity index is 744. The summed E-state index contributed by atoms with van der Waals surface area (Å²) in [4.78, 5) is 22.5. The molecule has 0 fully saturated rings. The fourth-order valence-electron chi connectivity index (χ4n) is 2.49. The summed E-state index contributed by atoms with van der Waals surface area (Å²) in [5.74, 6) is 0.876. The molecule has 0 aliphatic carbocycles. The molecule has 2 aromatic rings. The van der Waals surface area contributed by atoms with E-state index in [2.05, 4.69) is 14.5 Å². The van der Waals surface area contributed by atoms with E-state index in [1.807, 2.05) is 51.3 Å². The lowest BCUT2D eigenvalue weighted by molar-refractivity contribution is 0.0195. The van der Waals surface area contributed by atoms with Crippen molar-refractivity contribution in [1.82, 2.24) is 19.4 Å². The fraction of sp³-hybridized carbons (Fsp3) is 0.389. The molecule has 1 aliphatic rings. The summed E-state index contributed by atoms with van der Waals surface area (Å²) in [5.41, 5.74) is 1.47. The van der Waals surface area contributed by atoms with Crippen LogP contribution in [0.5, 0.6) is 0 Å². The summed E-state index contributed by atoms with van der Waals surface area (Å²) >= 11 is 0. The molecule has 0 atom stereocenters. The number of rotatable bonds is 2. The van der Waals surface area contributed by atoms with Crippen LogP contribution in [0.4, 0.5) is 4.79 Å². The molecule has 1 amide bonds. The first kappa shape index (κ1) is 16.2. The predicted molar refractivity (Wildman–Crippen MR) is 92.0 cm³/mol. The topological polar surface area (TPSA) is 60.2 Å². The van der Waals surface area contributed by atoms with Gasteiger partial charge in [0.05, 0.1) is 12.2 Å². The van der Waals surface area contributed by atoms with Crippen LogP contribution in [0.1, 0.15) is 37.9 Å². The Morgan fingerprint density at radius 3 is 2.67 bits per heavy atom. The lowest BCUT2D eigenvalue weighted by atomic mass is 10.2. The van der Waals surface area contributed by atoms with Crippen LogP contribution in [0.2, 0.25) is 0 Å². The molecule has 2 aromatic heterocycles. The lowest BCUT2D eigenvalue weighted by Crippen LogP contribution is -2.41. The van der Waals surface area contributed by atoms with E-state index in [0.29, 0.717) is 13.1 Å². The summed E-state index contributed by atoms with van der Waals surface area (Å²) < 4.78 is 7.52. The van der Waals surface area contributed by atoms with Gasteiger partial charge >= 0.3 is 6.09 Å². The molecule has 6 heteroatoms. The highest BCUT2D eigenvalue weighted by Gasteiger charge is 2.26. The molecule has 1 aliphatic heterocycles. The summed E-state index contributed by atoms with van der Waals surface area (Å²) in [5, 5.41) is 0. The molecule has 6 nitrogen and oxygen atoms in total. The number of ether oxygens (including phenoxy) is 1. The van der Waals surface area contributed by atoms with Crippen LogP contribution >= 0.6 is 0 Å². The van der Waals surface area contributed by atoms with Gasteiger partial charge in [0.1, 0.15) is 11.4 Å². The standard InChI is InChI=1S/C18H22N4O2/c1-18(2,3)24-17(23)22-11-10-21-12-15(20-16(21)13-22)5-4-14-6-8-19-9-7-14/h4-9,12H,10-11,13H2,1-3H3/b5-4+. The van der Waals surface area contributed by atoms with Crippen molar-refractivity contribution in [1.29, 1.82) is 0 Å². The number of hydrogen-bond donors (Lipinski definition) is 0. The number of fused-ring (bicyclic) bond motifs is 1. The van der Waals surface area contributed by atoms with E-state index in [0.717, 1.165) is 23.6 Å². The summed E-state index contributed by atoms with van der Waals surface area (Å²) in [6, 6.07) is 3.88. The van der Waals surface area contributed by atoms with Gasteiger partial charge in [0, 0.05) is 31.7 Å². The minimum absolute atomic E-state index is 0.286. The second-order valence-electron chi connectivity index (χ2n) is 6.79. The largest absolute Gasteiger partial charge is 0.444 e. The molecule has 0 aromatic carbocycles. The van der Waals surface area contributed by atoms with E-state index in [4.69, 9.17) is 4.74 Å². The highest BCUT2D eigenvalue weighted by Crippen LogP contribution is 2.17. The normalized spacial score (nSPS) is 14.7. The van der Waals surface area contributed by atoms with Crippen molar-refractivity contribution in [2.75, 3.05) is 6.54 Å². The number of hydrogen-bond acceptors (Lipinski definition) is 4. The maximum absolute atomic E-state index is 12.2. The summed E-state index contributed by atoms with van der Waals surface area (Å²) in [6.45, 7) is 7.45. The predicted octanol–water partition coefficient (Wildman–Crippen LogP) is 3.20. The number of pyridine rings is 1. The zero-order valence-electron chi connectivity index (χ0n) is 14.3. The second-order valence-corrected chi connectivity index (χ2v) is 6.79. The van der Waals surface area contributed by atoms with Gasteiger partial charge in [0.2, 0.25) is 0 Å². The highest BCUT2D eigenvalue weighted by molar-refractivity contribution is 5.69.